The van der Waals surface area contributed by atoms with Gasteiger partial charge in [-0.05, 0) is 17.7 Å². The van der Waals surface area contributed by atoms with Crippen LogP contribution in [0.5, 0.6) is 0 Å². The largest absolute Gasteiger partial charge is 0.360 e. The Kier molecular flexibility index (Phi) is 3.74. The summed E-state index contributed by atoms with van der Waals surface area (Å²) in [5.41, 5.74) is 1.89. The van der Waals surface area contributed by atoms with Gasteiger partial charge in [0, 0.05) is 10.3 Å². The predicted molar refractivity (Wildman–Crippen MR) is 79.6 cm³/mol. The molecule has 1 atom stereocenters. The van der Waals surface area contributed by atoms with Crippen molar-refractivity contribution in [2.45, 2.75) is 11.3 Å². The molecule has 0 saturated carbocycles. The molecule has 0 aromatic heterocycles. The van der Waals surface area contributed by atoms with Crippen LogP contribution in [0.2, 0.25) is 0 Å². The lowest BCUT2D eigenvalue weighted by molar-refractivity contribution is 0.245. The van der Waals surface area contributed by atoms with Gasteiger partial charge in [0.1, 0.15) is 5.76 Å². The van der Waals surface area contributed by atoms with E-state index in [-0.39, 0.29) is 0 Å². The van der Waals surface area contributed by atoms with E-state index in [2.05, 4.69) is 5.16 Å². The second-order valence-corrected chi connectivity index (χ2v) is 5.67. The Labute approximate surface area is 120 Å². The minimum Gasteiger partial charge on any atom is -0.360 e. The van der Waals surface area contributed by atoms with Gasteiger partial charge in [-0.1, -0.05) is 53.7 Å². The normalized spacial score (nSPS) is 17.6. The summed E-state index contributed by atoms with van der Waals surface area (Å²) in [4.78, 5) is 6.03. The predicted octanol–water partition coefficient (Wildman–Crippen LogP) is 3.46. The Hall–Kier alpha value is -2.20. The first-order valence-electron chi connectivity index (χ1n) is 6.28. The molecule has 20 heavy (non-hydrogen) atoms. The summed E-state index contributed by atoms with van der Waals surface area (Å²) < 4.78 is 12.1. The zero-order valence-electron chi connectivity index (χ0n) is 10.7. The Bertz CT molecular complexity index is 678. The van der Waals surface area contributed by atoms with Crippen LogP contribution >= 0.6 is 0 Å². The number of rotatable bonds is 3. The molecule has 0 amide bonds. The molecule has 1 aliphatic rings. The van der Waals surface area contributed by atoms with E-state index in [1.807, 2.05) is 60.7 Å². The van der Waals surface area contributed by atoms with Gasteiger partial charge in [-0.2, -0.15) is 0 Å². The quantitative estimate of drug-likeness (QED) is 0.865. The van der Waals surface area contributed by atoms with E-state index >= 15 is 0 Å². The van der Waals surface area contributed by atoms with Crippen LogP contribution in [0.25, 0.3) is 0 Å². The molecule has 0 fully saturated rings. The van der Waals surface area contributed by atoms with E-state index < -0.39 is 10.8 Å². The lowest BCUT2D eigenvalue weighted by Gasteiger charge is -1.98. The molecule has 1 aliphatic heterocycles. The summed E-state index contributed by atoms with van der Waals surface area (Å²) in [5.74, 6) is 0.631. The summed E-state index contributed by atoms with van der Waals surface area (Å²) in [6.45, 7) is 0. The fourth-order valence-corrected chi connectivity index (χ4v) is 2.86. The molecule has 3 nitrogen and oxygen atoms in total. The van der Waals surface area contributed by atoms with Gasteiger partial charge in [0.25, 0.3) is 0 Å². The molecule has 0 radical (unpaired) electrons. The maximum atomic E-state index is 12.1. The molecule has 2 aromatic rings. The summed E-state index contributed by atoms with van der Waals surface area (Å²) in [6, 6.07) is 19.2. The first-order valence-corrected chi connectivity index (χ1v) is 7.50. The fraction of sp³-hybridized carbons (Fsp3) is 0.0625. The molecule has 0 saturated heterocycles. The zero-order valence-corrected chi connectivity index (χ0v) is 11.5. The highest BCUT2D eigenvalue weighted by atomic mass is 32.2. The lowest BCUT2D eigenvalue weighted by Crippen LogP contribution is -1.96. The summed E-state index contributed by atoms with van der Waals surface area (Å²) in [7, 11) is -1.20. The number of nitrogens with zero attached hydrogens (tertiary/aromatic N) is 1. The second-order valence-electron chi connectivity index (χ2n) is 4.37. The van der Waals surface area contributed by atoms with Crippen molar-refractivity contribution < 1.29 is 9.05 Å². The standard InChI is InChI=1S/C16H13NO2S/c18-20(15-9-5-2-6-10-15)12-14-11-16(17-19-14)13-7-3-1-4-8-13/h1-10,12H,11H2/b14-12+. The van der Waals surface area contributed by atoms with Crippen LogP contribution < -0.4 is 0 Å². The highest BCUT2D eigenvalue weighted by Crippen LogP contribution is 2.21. The Morgan fingerprint density at radius 1 is 1.00 bits per heavy atom. The van der Waals surface area contributed by atoms with Crippen LogP contribution in [0, 0.1) is 0 Å². The summed E-state index contributed by atoms with van der Waals surface area (Å²) in [5, 5.41) is 5.67. The molecule has 0 N–H and O–H groups in total. The van der Waals surface area contributed by atoms with E-state index in [0.717, 1.165) is 16.2 Å². The molecule has 0 bridgehead atoms. The van der Waals surface area contributed by atoms with Gasteiger partial charge in [0.05, 0.1) is 22.9 Å². The highest BCUT2D eigenvalue weighted by molar-refractivity contribution is 7.88. The highest BCUT2D eigenvalue weighted by Gasteiger charge is 2.17. The minimum absolute atomic E-state index is 0.572. The average Bonchev–Trinajstić information content (AvgIpc) is 2.97. The molecule has 1 heterocycles. The number of allylic oxidation sites excluding steroid dienone is 1. The van der Waals surface area contributed by atoms with Gasteiger partial charge in [-0.25, -0.2) is 4.21 Å². The van der Waals surface area contributed by atoms with Crippen molar-refractivity contribution in [2.75, 3.05) is 0 Å². The number of hydrogen-bond donors (Lipinski definition) is 0. The van der Waals surface area contributed by atoms with Crippen molar-refractivity contribution in [2.24, 2.45) is 5.16 Å². The summed E-state index contributed by atoms with van der Waals surface area (Å²) >= 11 is 0. The maximum absolute atomic E-state index is 12.1. The Morgan fingerprint density at radius 3 is 2.35 bits per heavy atom. The topological polar surface area (TPSA) is 38.7 Å². The molecular formula is C16H13NO2S. The van der Waals surface area contributed by atoms with Crippen molar-refractivity contribution in [1.29, 1.82) is 0 Å². The maximum Gasteiger partial charge on any atom is 0.150 e. The SMILES string of the molecule is O=S(/C=C1\CC(c2ccccc2)=NO1)c1ccccc1. The van der Waals surface area contributed by atoms with Crippen molar-refractivity contribution in [3.63, 3.8) is 0 Å². The van der Waals surface area contributed by atoms with Gasteiger partial charge < -0.3 is 4.84 Å². The van der Waals surface area contributed by atoms with Crippen LogP contribution in [-0.2, 0) is 15.6 Å². The molecule has 4 heteroatoms. The molecule has 0 aliphatic carbocycles. The zero-order chi connectivity index (χ0) is 13.8. The van der Waals surface area contributed by atoms with Crippen molar-refractivity contribution in [1.82, 2.24) is 0 Å². The van der Waals surface area contributed by atoms with Gasteiger partial charge in [0.2, 0.25) is 0 Å². The second kappa shape index (κ2) is 5.84. The molecule has 3 rings (SSSR count). The summed E-state index contributed by atoms with van der Waals surface area (Å²) in [6.07, 6.45) is 0.572. The van der Waals surface area contributed by atoms with Gasteiger partial charge >= 0.3 is 0 Å². The first-order chi connectivity index (χ1) is 9.83. The Balaban J connectivity index is 1.73. The van der Waals surface area contributed by atoms with Crippen LogP contribution in [-0.4, -0.2) is 9.92 Å². The molecule has 0 spiro atoms. The molecule has 1 unspecified atom stereocenters. The molecule has 100 valence electrons. The third-order valence-corrected chi connectivity index (χ3v) is 4.15. The van der Waals surface area contributed by atoms with Crippen LogP contribution in [0.4, 0.5) is 0 Å². The number of hydrogen-bond acceptors (Lipinski definition) is 3. The van der Waals surface area contributed by atoms with Gasteiger partial charge in [-0.3, -0.25) is 0 Å². The first kappa shape index (κ1) is 12.8. The molecular weight excluding hydrogens is 270 g/mol. The van der Waals surface area contributed by atoms with E-state index in [9.17, 15) is 4.21 Å². The smallest absolute Gasteiger partial charge is 0.150 e. The Morgan fingerprint density at radius 2 is 1.65 bits per heavy atom. The number of oxime groups is 1. The van der Waals surface area contributed by atoms with E-state index in [1.165, 1.54) is 0 Å². The monoisotopic (exact) mass is 283 g/mol. The van der Waals surface area contributed by atoms with Crippen LogP contribution in [0.15, 0.2) is 81.9 Å². The van der Waals surface area contributed by atoms with Crippen LogP contribution in [0.3, 0.4) is 0 Å². The van der Waals surface area contributed by atoms with E-state index in [4.69, 9.17) is 4.84 Å². The third-order valence-electron chi connectivity index (χ3n) is 2.94. The van der Waals surface area contributed by atoms with Crippen molar-refractivity contribution in [3.05, 3.63) is 77.4 Å². The van der Waals surface area contributed by atoms with Crippen molar-refractivity contribution in [3.8, 4) is 0 Å². The van der Waals surface area contributed by atoms with Crippen LogP contribution in [0.1, 0.15) is 12.0 Å². The van der Waals surface area contributed by atoms with E-state index in [0.29, 0.717) is 12.2 Å². The van der Waals surface area contributed by atoms with Gasteiger partial charge in [0.15, 0.2) is 0 Å². The lowest BCUT2D eigenvalue weighted by atomic mass is 10.1. The van der Waals surface area contributed by atoms with E-state index in [1.54, 1.807) is 5.41 Å². The van der Waals surface area contributed by atoms with Gasteiger partial charge in [-0.15, -0.1) is 0 Å². The third kappa shape index (κ3) is 2.86. The average molecular weight is 283 g/mol. The molecule has 2 aromatic carbocycles. The fourth-order valence-electron chi connectivity index (χ4n) is 1.93. The van der Waals surface area contributed by atoms with Crippen molar-refractivity contribution >= 4 is 16.5 Å². The minimum atomic E-state index is -1.20. The number of benzene rings is 2.